The minimum Gasteiger partial charge on any atom is -0.491 e. The van der Waals surface area contributed by atoms with E-state index in [0.29, 0.717) is 5.75 Å². The molecule has 1 saturated heterocycles. The Morgan fingerprint density at radius 1 is 1.31 bits per heavy atom. The van der Waals surface area contributed by atoms with Gasteiger partial charge in [0.1, 0.15) is 24.0 Å². The van der Waals surface area contributed by atoms with E-state index in [-0.39, 0.29) is 30.4 Å². The molecule has 0 spiro atoms. The van der Waals surface area contributed by atoms with Crippen LogP contribution < -0.4 is 10.1 Å². The molecule has 2 atom stereocenters. The number of hydrogen-bond donors (Lipinski definition) is 2. The SMILES string of the molecule is CC(C)(C)c1ccccc1OC[C@@H](O)CN1C(=O)N[C@](C)(C2CC2)C1=O. The number of aliphatic hydroxyl groups excluding tert-OH is 1. The number of aliphatic hydroxyl groups is 1. The molecule has 1 heterocycles. The second-order valence-corrected chi connectivity index (χ2v) is 8.53. The zero-order valence-corrected chi connectivity index (χ0v) is 15.9. The number of para-hydroxylation sites is 1. The van der Waals surface area contributed by atoms with Gasteiger partial charge in [0.2, 0.25) is 0 Å². The predicted molar refractivity (Wildman–Crippen MR) is 98.0 cm³/mol. The van der Waals surface area contributed by atoms with Crippen LogP contribution >= 0.6 is 0 Å². The summed E-state index contributed by atoms with van der Waals surface area (Å²) in [6.07, 6.45) is 0.955. The second kappa shape index (κ2) is 6.58. The number of β-amino-alcohol motifs (C(OH)–C–C–N with tert-alkyl or cyclic N) is 1. The lowest BCUT2D eigenvalue weighted by Crippen LogP contribution is -2.46. The Balaban J connectivity index is 1.61. The number of benzene rings is 1. The van der Waals surface area contributed by atoms with E-state index in [1.165, 1.54) is 0 Å². The molecule has 6 nitrogen and oxygen atoms in total. The second-order valence-electron chi connectivity index (χ2n) is 8.53. The first-order chi connectivity index (χ1) is 12.1. The third kappa shape index (κ3) is 3.56. The molecule has 3 amide bonds. The lowest BCUT2D eigenvalue weighted by molar-refractivity contribution is -0.132. The van der Waals surface area contributed by atoms with Crippen LogP contribution in [0.15, 0.2) is 24.3 Å². The monoisotopic (exact) mass is 360 g/mol. The van der Waals surface area contributed by atoms with Crippen molar-refractivity contribution in [1.82, 2.24) is 10.2 Å². The van der Waals surface area contributed by atoms with E-state index in [4.69, 9.17) is 4.74 Å². The maximum atomic E-state index is 12.6. The molecule has 2 fully saturated rings. The predicted octanol–water partition coefficient (Wildman–Crippen LogP) is 2.44. The van der Waals surface area contributed by atoms with Crippen LogP contribution in [0.25, 0.3) is 0 Å². The van der Waals surface area contributed by atoms with Crippen LogP contribution in [0.1, 0.15) is 46.1 Å². The molecule has 3 rings (SSSR count). The van der Waals surface area contributed by atoms with Gasteiger partial charge < -0.3 is 15.2 Å². The number of urea groups is 1. The van der Waals surface area contributed by atoms with E-state index in [2.05, 4.69) is 26.1 Å². The van der Waals surface area contributed by atoms with Crippen molar-refractivity contribution >= 4 is 11.9 Å². The summed E-state index contributed by atoms with van der Waals surface area (Å²) in [4.78, 5) is 25.9. The number of nitrogens with one attached hydrogen (secondary N) is 1. The van der Waals surface area contributed by atoms with Gasteiger partial charge in [-0.2, -0.15) is 0 Å². The highest BCUT2D eigenvalue weighted by Gasteiger charge is 2.56. The normalized spacial score (nSPS) is 24.6. The summed E-state index contributed by atoms with van der Waals surface area (Å²) in [7, 11) is 0. The fourth-order valence-electron chi connectivity index (χ4n) is 3.48. The number of ether oxygens (including phenoxy) is 1. The molecule has 1 saturated carbocycles. The summed E-state index contributed by atoms with van der Waals surface area (Å²) in [5, 5.41) is 13.1. The number of carbonyl (C=O) groups is 2. The van der Waals surface area contributed by atoms with Gasteiger partial charge in [0.25, 0.3) is 5.91 Å². The summed E-state index contributed by atoms with van der Waals surface area (Å²) in [6, 6.07) is 7.27. The molecule has 0 unspecified atom stereocenters. The van der Waals surface area contributed by atoms with E-state index in [0.717, 1.165) is 23.3 Å². The number of amides is 3. The highest BCUT2D eigenvalue weighted by molar-refractivity contribution is 6.07. The molecule has 142 valence electrons. The molecular formula is C20H28N2O4. The quantitative estimate of drug-likeness (QED) is 0.764. The van der Waals surface area contributed by atoms with Crippen molar-refractivity contribution in [1.29, 1.82) is 0 Å². The largest absolute Gasteiger partial charge is 0.491 e. The molecule has 2 aliphatic rings. The summed E-state index contributed by atoms with van der Waals surface area (Å²) in [5.41, 5.74) is 0.137. The van der Waals surface area contributed by atoms with Crippen LogP contribution in [0, 0.1) is 5.92 Å². The lowest BCUT2D eigenvalue weighted by atomic mass is 9.86. The lowest BCUT2D eigenvalue weighted by Gasteiger charge is -2.24. The van der Waals surface area contributed by atoms with Gasteiger partial charge in [0, 0.05) is 0 Å². The van der Waals surface area contributed by atoms with Gasteiger partial charge in [-0.3, -0.25) is 9.69 Å². The number of rotatable bonds is 6. The van der Waals surface area contributed by atoms with E-state index < -0.39 is 17.7 Å². The van der Waals surface area contributed by atoms with Gasteiger partial charge in [0.05, 0.1) is 6.54 Å². The zero-order chi connectivity index (χ0) is 19.1. The Morgan fingerprint density at radius 3 is 2.58 bits per heavy atom. The van der Waals surface area contributed by atoms with Gasteiger partial charge in [-0.15, -0.1) is 0 Å². The number of carbonyl (C=O) groups excluding carboxylic acids is 2. The molecule has 0 radical (unpaired) electrons. The van der Waals surface area contributed by atoms with Crippen molar-refractivity contribution in [3.8, 4) is 5.75 Å². The Labute approximate surface area is 154 Å². The van der Waals surface area contributed by atoms with Crippen molar-refractivity contribution in [2.45, 2.75) is 57.6 Å². The number of imide groups is 1. The van der Waals surface area contributed by atoms with Gasteiger partial charge in [-0.1, -0.05) is 39.0 Å². The molecule has 2 N–H and O–H groups in total. The third-order valence-corrected chi connectivity index (χ3v) is 5.21. The Bertz CT molecular complexity index is 708. The van der Waals surface area contributed by atoms with Gasteiger partial charge in [-0.25, -0.2) is 4.79 Å². The molecule has 26 heavy (non-hydrogen) atoms. The van der Waals surface area contributed by atoms with Gasteiger partial charge in [0.15, 0.2) is 0 Å². The Morgan fingerprint density at radius 2 is 1.96 bits per heavy atom. The van der Waals surface area contributed by atoms with E-state index in [1.54, 1.807) is 6.92 Å². The maximum Gasteiger partial charge on any atom is 0.325 e. The average Bonchev–Trinajstić information content (AvgIpc) is 3.39. The standard InChI is InChI=1S/C20H28N2O4/c1-19(2,3)15-7-5-6-8-16(15)26-12-14(23)11-22-17(24)20(4,13-9-10-13)21-18(22)25/h5-8,13-14,23H,9-12H2,1-4H3,(H,21,25)/t14-,20+/m0/s1. The minimum absolute atomic E-state index is 0.0182. The first-order valence-electron chi connectivity index (χ1n) is 9.17. The van der Waals surface area contributed by atoms with Crippen LogP contribution in [0.2, 0.25) is 0 Å². The highest BCUT2D eigenvalue weighted by Crippen LogP contribution is 2.42. The highest BCUT2D eigenvalue weighted by atomic mass is 16.5. The molecule has 0 bridgehead atoms. The average molecular weight is 360 g/mol. The fraction of sp³-hybridized carbons (Fsp3) is 0.600. The van der Waals surface area contributed by atoms with Gasteiger partial charge in [-0.05, 0) is 42.7 Å². The summed E-state index contributed by atoms with van der Waals surface area (Å²) in [5.74, 6) is 0.661. The smallest absolute Gasteiger partial charge is 0.325 e. The summed E-state index contributed by atoms with van der Waals surface area (Å²) < 4.78 is 5.80. The van der Waals surface area contributed by atoms with Crippen LogP contribution in [0.3, 0.4) is 0 Å². The molecule has 1 aromatic carbocycles. The first-order valence-corrected chi connectivity index (χ1v) is 9.17. The fourth-order valence-corrected chi connectivity index (χ4v) is 3.48. The van der Waals surface area contributed by atoms with E-state index in [9.17, 15) is 14.7 Å². The number of nitrogens with zero attached hydrogens (tertiary/aromatic N) is 1. The van der Waals surface area contributed by atoms with Crippen LogP contribution in [-0.2, 0) is 10.2 Å². The van der Waals surface area contributed by atoms with Crippen LogP contribution in [0.5, 0.6) is 5.75 Å². The molecule has 1 aliphatic heterocycles. The minimum atomic E-state index is -0.945. The molecular weight excluding hydrogens is 332 g/mol. The summed E-state index contributed by atoms with van der Waals surface area (Å²) >= 11 is 0. The Hall–Kier alpha value is -2.08. The molecule has 1 aliphatic carbocycles. The van der Waals surface area contributed by atoms with Crippen molar-refractivity contribution in [2.24, 2.45) is 5.92 Å². The zero-order valence-electron chi connectivity index (χ0n) is 15.9. The maximum absolute atomic E-state index is 12.6. The topological polar surface area (TPSA) is 78.9 Å². The molecule has 0 aromatic heterocycles. The third-order valence-electron chi connectivity index (χ3n) is 5.21. The molecule has 1 aromatic rings. The number of hydrogen-bond acceptors (Lipinski definition) is 4. The summed E-state index contributed by atoms with van der Waals surface area (Å²) in [6.45, 7) is 8.01. The van der Waals surface area contributed by atoms with E-state index in [1.807, 2.05) is 24.3 Å². The van der Waals surface area contributed by atoms with Crippen molar-refractivity contribution in [2.75, 3.05) is 13.2 Å². The molecule has 6 heteroatoms. The Kier molecular flexibility index (Phi) is 4.73. The van der Waals surface area contributed by atoms with Crippen molar-refractivity contribution < 1.29 is 19.4 Å². The van der Waals surface area contributed by atoms with Crippen molar-refractivity contribution in [3.63, 3.8) is 0 Å². The first kappa shape index (κ1) is 18.7. The van der Waals surface area contributed by atoms with E-state index >= 15 is 0 Å². The van der Waals surface area contributed by atoms with Crippen molar-refractivity contribution in [3.05, 3.63) is 29.8 Å². The van der Waals surface area contributed by atoms with Gasteiger partial charge >= 0.3 is 6.03 Å². The van der Waals surface area contributed by atoms with Crippen LogP contribution in [-0.4, -0.2) is 46.7 Å². The van der Waals surface area contributed by atoms with Crippen LogP contribution in [0.4, 0.5) is 4.79 Å².